The Hall–Kier alpha value is -3.20. The van der Waals surface area contributed by atoms with Crippen LogP contribution in [0.25, 0.3) is 11.0 Å². The van der Waals surface area contributed by atoms with Crippen molar-refractivity contribution >= 4 is 22.8 Å². The number of carbonyl (C=O) groups is 1. The predicted octanol–water partition coefficient (Wildman–Crippen LogP) is 3.29. The standard InChI is InChI=1S/C28H39N7O2/c1-4-37-24-7-5-6-22(16-24)19-35-27-25(17-31-35)26(29-20-30-27)33-12-14-34(15-13-33)28(36)23-10-8-21(9-11-23)18-32(2)3/h5-7,16-17,20-21,23H,4,8-15,18-19H2,1-3H3/t21-,23-. The van der Waals surface area contributed by atoms with Gasteiger partial charge in [-0.2, -0.15) is 5.10 Å². The molecule has 0 atom stereocenters. The smallest absolute Gasteiger partial charge is 0.225 e. The molecule has 3 heterocycles. The van der Waals surface area contributed by atoms with E-state index in [0.717, 1.165) is 92.5 Å². The lowest BCUT2D eigenvalue weighted by Crippen LogP contribution is -2.51. The molecule has 0 N–H and O–H groups in total. The summed E-state index contributed by atoms with van der Waals surface area (Å²) in [6, 6.07) is 8.09. The Labute approximate surface area is 219 Å². The summed E-state index contributed by atoms with van der Waals surface area (Å²) in [5.74, 6) is 3.02. The Bertz CT molecular complexity index is 1190. The minimum Gasteiger partial charge on any atom is -0.494 e. The van der Waals surface area contributed by atoms with Gasteiger partial charge in [0.2, 0.25) is 5.91 Å². The first kappa shape index (κ1) is 25.4. The number of ether oxygens (including phenoxy) is 1. The number of anilines is 1. The van der Waals surface area contributed by atoms with Crippen molar-refractivity contribution in [3.05, 3.63) is 42.4 Å². The van der Waals surface area contributed by atoms with Crippen LogP contribution in [0.4, 0.5) is 5.82 Å². The molecular formula is C28H39N7O2. The lowest BCUT2D eigenvalue weighted by Gasteiger charge is -2.38. The normalized spacial score (nSPS) is 20.5. The van der Waals surface area contributed by atoms with Crippen LogP contribution in [-0.2, 0) is 11.3 Å². The van der Waals surface area contributed by atoms with E-state index >= 15 is 0 Å². The number of rotatable bonds is 8. The van der Waals surface area contributed by atoms with Crippen LogP contribution in [0, 0.1) is 11.8 Å². The van der Waals surface area contributed by atoms with Crippen molar-refractivity contribution in [1.82, 2.24) is 29.5 Å². The van der Waals surface area contributed by atoms with Gasteiger partial charge in [0.15, 0.2) is 5.65 Å². The molecule has 1 aliphatic carbocycles. The second kappa shape index (κ2) is 11.5. The third-order valence-corrected chi connectivity index (χ3v) is 7.66. The minimum absolute atomic E-state index is 0.190. The van der Waals surface area contributed by atoms with Crippen molar-refractivity contribution in [3.8, 4) is 5.75 Å². The fourth-order valence-electron chi connectivity index (χ4n) is 5.83. The van der Waals surface area contributed by atoms with Crippen molar-refractivity contribution < 1.29 is 9.53 Å². The number of piperazine rings is 1. The topological polar surface area (TPSA) is 79.6 Å². The van der Waals surface area contributed by atoms with Gasteiger partial charge in [-0.3, -0.25) is 4.79 Å². The van der Waals surface area contributed by atoms with Crippen molar-refractivity contribution in [2.45, 2.75) is 39.2 Å². The quantitative estimate of drug-likeness (QED) is 0.465. The summed E-state index contributed by atoms with van der Waals surface area (Å²) in [5, 5.41) is 5.58. The van der Waals surface area contributed by atoms with Crippen LogP contribution >= 0.6 is 0 Å². The highest BCUT2D eigenvalue weighted by molar-refractivity contribution is 5.87. The molecule has 0 unspecified atom stereocenters. The maximum absolute atomic E-state index is 13.2. The lowest BCUT2D eigenvalue weighted by molar-refractivity contribution is -0.137. The number of carbonyl (C=O) groups excluding carboxylic acids is 1. The van der Waals surface area contributed by atoms with Gasteiger partial charge in [0, 0.05) is 38.6 Å². The molecule has 2 aromatic heterocycles. The van der Waals surface area contributed by atoms with Crippen LogP contribution in [-0.4, -0.2) is 88.9 Å². The van der Waals surface area contributed by atoms with Gasteiger partial charge in [-0.25, -0.2) is 14.6 Å². The van der Waals surface area contributed by atoms with Gasteiger partial charge in [0.05, 0.1) is 24.7 Å². The highest BCUT2D eigenvalue weighted by atomic mass is 16.5. The van der Waals surface area contributed by atoms with Gasteiger partial charge in [-0.15, -0.1) is 0 Å². The highest BCUT2D eigenvalue weighted by Crippen LogP contribution is 2.31. The zero-order chi connectivity index (χ0) is 25.8. The minimum atomic E-state index is 0.190. The average Bonchev–Trinajstić information content (AvgIpc) is 3.32. The average molecular weight is 506 g/mol. The number of benzene rings is 1. The van der Waals surface area contributed by atoms with Crippen molar-refractivity contribution in [3.63, 3.8) is 0 Å². The fourth-order valence-corrected chi connectivity index (χ4v) is 5.83. The van der Waals surface area contributed by atoms with E-state index in [9.17, 15) is 4.79 Å². The molecule has 2 aliphatic rings. The van der Waals surface area contributed by atoms with Gasteiger partial charge in [-0.1, -0.05) is 12.1 Å². The molecule has 2 fully saturated rings. The van der Waals surface area contributed by atoms with Gasteiger partial charge < -0.3 is 19.4 Å². The Balaban J connectivity index is 1.21. The molecule has 9 heteroatoms. The Morgan fingerprint density at radius 3 is 2.59 bits per heavy atom. The third kappa shape index (κ3) is 5.87. The second-order valence-electron chi connectivity index (χ2n) is 10.6. The summed E-state index contributed by atoms with van der Waals surface area (Å²) < 4.78 is 7.56. The first-order valence-corrected chi connectivity index (χ1v) is 13.6. The molecule has 37 heavy (non-hydrogen) atoms. The number of aromatic nitrogens is 4. The molecule has 1 saturated heterocycles. The monoisotopic (exact) mass is 505 g/mol. The first-order chi connectivity index (χ1) is 18.0. The second-order valence-corrected chi connectivity index (χ2v) is 10.6. The molecule has 0 bridgehead atoms. The molecule has 3 aromatic rings. The predicted molar refractivity (Wildman–Crippen MR) is 145 cm³/mol. The van der Waals surface area contributed by atoms with Gasteiger partial charge in [-0.05, 0) is 70.3 Å². The molecule has 1 saturated carbocycles. The third-order valence-electron chi connectivity index (χ3n) is 7.66. The molecule has 198 valence electrons. The largest absolute Gasteiger partial charge is 0.494 e. The van der Waals surface area contributed by atoms with E-state index in [4.69, 9.17) is 4.74 Å². The summed E-state index contributed by atoms with van der Waals surface area (Å²) in [6.45, 7) is 7.38. The van der Waals surface area contributed by atoms with Crippen LogP contribution in [0.15, 0.2) is 36.8 Å². The maximum atomic E-state index is 13.2. The molecule has 1 aromatic carbocycles. The van der Waals surface area contributed by atoms with Crippen molar-refractivity contribution in [2.24, 2.45) is 11.8 Å². The molecule has 0 spiro atoms. The molecule has 9 nitrogen and oxygen atoms in total. The molecular weight excluding hydrogens is 466 g/mol. The maximum Gasteiger partial charge on any atom is 0.225 e. The summed E-state index contributed by atoms with van der Waals surface area (Å²) in [7, 11) is 4.27. The number of hydrogen-bond donors (Lipinski definition) is 0. The van der Waals surface area contributed by atoms with E-state index < -0.39 is 0 Å². The SMILES string of the molecule is CCOc1cccc(Cn2ncc3c(N4CCN(C(=O)[C@H]5CC[C@H](CN(C)C)CC5)CC4)ncnc32)c1. The number of nitrogens with zero attached hydrogens (tertiary/aromatic N) is 7. The van der Waals surface area contributed by atoms with Crippen LogP contribution in [0.5, 0.6) is 5.75 Å². The van der Waals surface area contributed by atoms with E-state index in [1.807, 2.05) is 36.0 Å². The van der Waals surface area contributed by atoms with Crippen LogP contribution < -0.4 is 9.64 Å². The van der Waals surface area contributed by atoms with E-state index in [-0.39, 0.29) is 5.92 Å². The van der Waals surface area contributed by atoms with Crippen LogP contribution in [0.2, 0.25) is 0 Å². The van der Waals surface area contributed by atoms with Gasteiger partial charge in [0.1, 0.15) is 17.9 Å². The Morgan fingerprint density at radius 2 is 1.86 bits per heavy atom. The lowest BCUT2D eigenvalue weighted by atomic mass is 9.81. The summed E-state index contributed by atoms with van der Waals surface area (Å²) >= 11 is 0. The van der Waals surface area contributed by atoms with E-state index in [0.29, 0.717) is 19.1 Å². The van der Waals surface area contributed by atoms with E-state index in [2.05, 4.69) is 49.9 Å². The van der Waals surface area contributed by atoms with E-state index in [1.54, 1.807) is 6.33 Å². The summed E-state index contributed by atoms with van der Waals surface area (Å²) in [5.41, 5.74) is 1.93. The molecule has 0 radical (unpaired) electrons. The van der Waals surface area contributed by atoms with Crippen molar-refractivity contribution in [2.75, 3.05) is 58.3 Å². The molecule has 1 aliphatic heterocycles. The highest BCUT2D eigenvalue weighted by Gasteiger charge is 2.31. The van der Waals surface area contributed by atoms with Crippen molar-refractivity contribution in [1.29, 1.82) is 0 Å². The Morgan fingerprint density at radius 1 is 1.08 bits per heavy atom. The zero-order valence-corrected chi connectivity index (χ0v) is 22.3. The number of hydrogen-bond acceptors (Lipinski definition) is 7. The molecule has 1 amide bonds. The van der Waals surface area contributed by atoms with Gasteiger partial charge in [0.25, 0.3) is 0 Å². The van der Waals surface area contributed by atoms with Crippen LogP contribution in [0.1, 0.15) is 38.2 Å². The first-order valence-electron chi connectivity index (χ1n) is 13.6. The van der Waals surface area contributed by atoms with Gasteiger partial charge >= 0.3 is 0 Å². The van der Waals surface area contributed by atoms with Crippen LogP contribution in [0.3, 0.4) is 0 Å². The fraction of sp³-hybridized carbons (Fsp3) is 0.571. The summed E-state index contributed by atoms with van der Waals surface area (Å²) in [6.07, 6.45) is 7.85. The number of amides is 1. The van der Waals surface area contributed by atoms with E-state index in [1.165, 1.54) is 0 Å². The zero-order valence-electron chi connectivity index (χ0n) is 22.3. The summed E-state index contributed by atoms with van der Waals surface area (Å²) in [4.78, 5) is 29.0. The Kier molecular flexibility index (Phi) is 7.88. The molecule has 5 rings (SSSR count). The number of fused-ring (bicyclic) bond motifs is 1.